The van der Waals surface area contributed by atoms with E-state index in [2.05, 4.69) is 5.32 Å². The molecule has 4 heteroatoms. The largest absolute Gasteiger partial charge is 0.340 e. The fourth-order valence-corrected chi connectivity index (χ4v) is 1.44. The smallest absolute Gasteiger partial charge is 0.239 e. The van der Waals surface area contributed by atoms with Crippen LogP contribution >= 0.6 is 0 Å². The van der Waals surface area contributed by atoms with E-state index in [1.54, 1.807) is 38.1 Å². The lowest BCUT2D eigenvalue weighted by atomic mass is 10.2. The number of carbonyl (C=O) groups excluding carboxylic acids is 1. The number of hydrogen-bond donors (Lipinski definition) is 1. The third-order valence-corrected chi connectivity index (χ3v) is 2.49. The number of nitrogens with one attached hydrogen (secondary N) is 1. The fraction of sp³-hybridized carbons (Fsp3) is 0.417. The third-order valence-electron chi connectivity index (χ3n) is 2.49. The Morgan fingerprint density at radius 1 is 1.56 bits per heavy atom. The first-order valence-electron chi connectivity index (χ1n) is 5.21. The van der Waals surface area contributed by atoms with E-state index < -0.39 is 0 Å². The average molecular weight is 224 g/mol. The SMILES string of the molecule is CNC(C)C(=O)N(C)Cc1cccc(F)c1. The summed E-state index contributed by atoms with van der Waals surface area (Å²) in [5, 5.41) is 2.88. The van der Waals surface area contributed by atoms with E-state index in [9.17, 15) is 9.18 Å². The van der Waals surface area contributed by atoms with Crippen LogP contribution in [0.25, 0.3) is 0 Å². The number of likely N-dealkylation sites (N-methyl/N-ethyl adjacent to an activating group) is 2. The number of nitrogens with zero attached hydrogens (tertiary/aromatic N) is 1. The van der Waals surface area contributed by atoms with Gasteiger partial charge in [-0.05, 0) is 31.7 Å². The van der Waals surface area contributed by atoms with Gasteiger partial charge in [0.15, 0.2) is 0 Å². The Bertz CT molecular complexity index is 368. The highest BCUT2D eigenvalue weighted by Crippen LogP contribution is 2.07. The highest BCUT2D eigenvalue weighted by molar-refractivity contribution is 5.81. The van der Waals surface area contributed by atoms with Gasteiger partial charge in [0.05, 0.1) is 6.04 Å². The third kappa shape index (κ3) is 3.31. The molecular formula is C12H17FN2O. The zero-order chi connectivity index (χ0) is 12.1. The van der Waals surface area contributed by atoms with Crippen LogP contribution in [0.1, 0.15) is 12.5 Å². The Morgan fingerprint density at radius 2 is 2.25 bits per heavy atom. The van der Waals surface area contributed by atoms with E-state index >= 15 is 0 Å². The predicted molar refractivity (Wildman–Crippen MR) is 61.4 cm³/mol. The fourth-order valence-electron chi connectivity index (χ4n) is 1.44. The summed E-state index contributed by atoms with van der Waals surface area (Å²) >= 11 is 0. The predicted octanol–water partition coefficient (Wildman–Crippen LogP) is 1.39. The van der Waals surface area contributed by atoms with E-state index in [1.165, 1.54) is 12.1 Å². The van der Waals surface area contributed by atoms with Crippen molar-refractivity contribution in [2.45, 2.75) is 19.5 Å². The first kappa shape index (κ1) is 12.6. The minimum absolute atomic E-state index is 0.00763. The summed E-state index contributed by atoms with van der Waals surface area (Å²) in [6.45, 7) is 2.22. The molecule has 16 heavy (non-hydrogen) atoms. The van der Waals surface area contributed by atoms with Crippen molar-refractivity contribution in [3.05, 3.63) is 35.6 Å². The standard InChI is InChI=1S/C12H17FN2O/c1-9(14-2)12(16)15(3)8-10-5-4-6-11(13)7-10/h4-7,9,14H,8H2,1-3H3. The molecule has 0 fully saturated rings. The number of amides is 1. The molecule has 0 radical (unpaired) electrons. The van der Waals surface area contributed by atoms with Gasteiger partial charge >= 0.3 is 0 Å². The number of halogens is 1. The maximum atomic E-state index is 12.9. The summed E-state index contributed by atoms with van der Waals surface area (Å²) in [4.78, 5) is 13.3. The Balaban J connectivity index is 2.64. The first-order valence-corrected chi connectivity index (χ1v) is 5.21. The molecule has 1 N–H and O–H groups in total. The van der Waals surface area contributed by atoms with Crippen LogP contribution in [0.3, 0.4) is 0 Å². The van der Waals surface area contributed by atoms with Crippen LogP contribution in [0.5, 0.6) is 0 Å². The number of carbonyl (C=O) groups is 1. The minimum atomic E-state index is -0.278. The zero-order valence-electron chi connectivity index (χ0n) is 9.83. The second-order valence-corrected chi connectivity index (χ2v) is 3.83. The highest BCUT2D eigenvalue weighted by atomic mass is 19.1. The molecule has 3 nitrogen and oxygen atoms in total. The quantitative estimate of drug-likeness (QED) is 0.838. The van der Waals surface area contributed by atoms with Crippen LogP contribution < -0.4 is 5.32 Å². The minimum Gasteiger partial charge on any atom is -0.340 e. The molecule has 0 aliphatic heterocycles. The molecule has 0 spiro atoms. The molecule has 1 rings (SSSR count). The Morgan fingerprint density at radius 3 is 2.81 bits per heavy atom. The van der Waals surface area contributed by atoms with Crippen molar-refractivity contribution in [2.75, 3.05) is 14.1 Å². The molecule has 0 saturated heterocycles. The van der Waals surface area contributed by atoms with Crippen molar-refractivity contribution < 1.29 is 9.18 Å². The van der Waals surface area contributed by atoms with Gasteiger partial charge in [-0.25, -0.2) is 4.39 Å². The second kappa shape index (κ2) is 5.61. The summed E-state index contributed by atoms with van der Waals surface area (Å²) in [5.74, 6) is -0.285. The van der Waals surface area contributed by atoms with Crippen LogP contribution in [-0.2, 0) is 11.3 Å². The lowest BCUT2D eigenvalue weighted by Gasteiger charge is -2.21. The van der Waals surface area contributed by atoms with E-state index in [4.69, 9.17) is 0 Å². The molecular weight excluding hydrogens is 207 g/mol. The van der Waals surface area contributed by atoms with Gasteiger partial charge in [0.2, 0.25) is 5.91 Å². The summed E-state index contributed by atoms with van der Waals surface area (Å²) in [5.41, 5.74) is 0.791. The normalized spacial score (nSPS) is 12.2. The molecule has 0 bridgehead atoms. The van der Waals surface area contributed by atoms with Gasteiger partial charge in [-0.15, -0.1) is 0 Å². The molecule has 1 unspecified atom stereocenters. The molecule has 0 aliphatic rings. The van der Waals surface area contributed by atoms with Gasteiger partial charge in [-0.3, -0.25) is 4.79 Å². The molecule has 1 aromatic rings. The van der Waals surface area contributed by atoms with Crippen LogP contribution in [0.4, 0.5) is 4.39 Å². The maximum Gasteiger partial charge on any atom is 0.239 e. The molecule has 1 aromatic carbocycles. The van der Waals surface area contributed by atoms with Crippen molar-refractivity contribution in [1.82, 2.24) is 10.2 Å². The van der Waals surface area contributed by atoms with Crippen LogP contribution in [-0.4, -0.2) is 30.9 Å². The van der Waals surface area contributed by atoms with Gasteiger partial charge < -0.3 is 10.2 Å². The zero-order valence-corrected chi connectivity index (χ0v) is 9.83. The summed E-state index contributed by atoms with van der Waals surface area (Å²) in [6, 6.07) is 6.05. The lowest BCUT2D eigenvalue weighted by molar-refractivity contribution is -0.132. The van der Waals surface area contributed by atoms with Crippen molar-refractivity contribution in [3.63, 3.8) is 0 Å². The first-order chi connectivity index (χ1) is 7.54. The van der Waals surface area contributed by atoms with Crippen LogP contribution in [0.15, 0.2) is 24.3 Å². The molecule has 1 amide bonds. The number of hydrogen-bond acceptors (Lipinski definition) is 2. The molecule has 0 heterocycles. The Labute approximate surface area is 95.3 Å². The number of rotatable bonds is 4. The van der Waals surface area contributed by atoms with E-state index in [0.29, 0.717) is 6.54 Å². The highest BCUT2D eigenvalue weighted by Gasteiger charge is 2.15. The average Bonchev–Trinajstić information content (AvgIpc) is 2.27. The van der Waals surface area contributed by atoms with Gasteiger partial charge in [0.1, 0.15) is 5.82 Å². The van der Waals surface area contributed by atoms with E-state index in [-0.39, 0.29) is 17.8 Å². The Hall–Kier alpha value is -1.42. The van der Waals surface area contributed by atoms with Crippen molar-refractivity contribution in [3.8, 4) is 0 Å². The van der Waals surface area contributed by atoms with Crippen molar-refractivity contribution >= 4 is 5.91 Å². The monoisotopic (exact) mass is 224 g/mol. The molecule has 1 atom stereocenters. The van der Waals surface area contributed by atoms with Gasteiger partial charge in [-0.1, -0.05) is 12.1 Å². The summed E-state index contributed by atoms with van der Waals surface area (Å²) in [7, 11) is 3.44. The lowest BCUT2D eigenvalue weighted by Crippen LogP contribution is -2.41. The van der Waals surface area contributed by atoms with E-state index in [1.807, 2.05) is 0 Å². The molecule has 0 aromatic heterocycles. The van der Waals surface area contributed by atoms with Gasteiger partial charge in [0.25, 0.3) is 0 Å². The summed E-state index contributed by atoms with van der Waals surface area (Å²) in [6.07, 6.45) is 0. The summed E-state index contributed by atoms with van der Waals surface area (Å²) < 4.78 is 12.9. The Kier molecular flexibility index (Phi) is 4.43. The topological polar surface area (TPSA) is 32.3 Å². The molecule has 0 saturated carbocycles. The van der Waals surface area contributed by atoms with Gasteiger partial charge in [-0.2, -0.15) is 0 Å². The van der Waals surface area contributed by atoms with E-state index in [0.717, 1.165) is 5.56 Å². The van der Waals surface area contributed by atoms with Crippen molar-refractivity contribution in [2.24, 2.45) is 0 Å². The van der Waals surface area contributed by atoms with Crippen LogP contribution in [0.2, 0.25) is 0 Å². The second-order valence-electron chi connectivity index (χ2n) is 3.83. The van der Waals surface area contributed by atoms with Gasteiger partial charge in [0, 0.05) is 13.6 Å². The van der Waals surface area contributed by atoms with Crippen LogP contribution in [0, 0.1) is 5.82 Å². The number of benzene rings is 1. The molecule has 88 valence electrons. The maximum absolute atomic E-state index is 12.9. The molecule has 0 aliphatic carbocycles. The van der Waals surface area contributed by atoms with Crippen molar-refractivity contribution in [1.29, 1.82) is 0 Å².